The second-order valence-electron chi connectivity index (χ2n) is 11.6. The van der Waals surface area contributed by atoms with Crippen molar-refractivity contribution >= 4 is 70.4 Å². The first kappa shape index (κ1) is 27.4. The molecular formula is C42H29N3OS. The molecule has 3 aromatic heterocycles. The van der Waals surface area contributed by atoms with Crippen LogP contribution in [0.5, 0.6) is 5.75 Å². The van der Waals surface area contributed by atoms with Gasteiger partial charge in [-0.15, -0.1) is 11.3 Å². The molecule has 47 heavy (non-hydrogen) atoms. The molecule has 0 bridgehead atoms. The maximum atomic E-state index is 5.55. The third kappa shape index (κ3) is 4.55. The van der Waals surface area contributed by atoms with Crippen molar-refractivity contribution in [2.45, 2.75) is 0 Å². The van der Waals surface area contributed by atoms with Crippen LogP contribution in [0.15, 0.2) is 158 Å². The highest BCUT2D eigenvalue weighted by molar-refractivity contribution is 7.25. The minimum atomic E-state index is 0.831. The number of fused-ring (bicyclic) bond motifs is 6. The van der Waals surface area contributed by atoms with Crippen molar-refractivity contribution < 1.29 is 4.74 Å². The fourth-order valence-corrected chi connectivity index (χ4v) is 7.90. The molecule has 9 aromatic rings. The predicted molar refractivity (Wildman–Crippen MR) is 198 cm³/mol. The van der Waals surface area contributed by atoms with E-state index in [0.717, 1.165) is 50.7 Å². The molecule has 0 radical (unpaired) electrons. The summed E-state index contributed by atoms with van der Waals surface area (Å²) >= 11 is 1.84. The minimum Gasteiger partial charge on any atom is -0.497 e. The van der Waals surface area contributed by atoms with Crippen LogP contribution in [0.1, 0.15) is 0 Å². The van der Waals surface area contributed by atoms with Crippen molar-refractivity contribution in [3.63, 3.8) is 0 Å². The van der Waals surface area contributed by atoms with E-state index in [1.807, 2.05) is 41.9 Å². The van der Waals surface area contributed by atoms with E-state index >= 15 is 0 Å². The first-order valence-corrected chi connectivity index (χ1v) is 16.5. The number of para-hydroxylation sites is 1. The molecular weight excluding hydrogens is 595 g/mol. The van der Waals surface area contributed by atoms with Gasteiger partial charge in [0.1, 0.15) is 5.75 Å². The van der Waals surface area contributed by atoms with E-state index in [9.17, 15) is 0 Å². The SMILES string of the molecule is COc1ccc(N(c2ccc3sc4ccccc4c3c2)c2cccc3c2c2ccccc2n3-c2ccc(-c3cccnc3)cc2)cc1. The average molecular weight is 624 g/mol. The lowest BCUT2D eigenvalue weighted by Gasteiger charge is -2.27. The van der Waals surface area contributed by atoms with Gasteiger partial charge in [-0.25, -0.2) is 0 Å². The van der Waals surface area contributed by atoms with Gasteiger partial charge in [0.15, 0.2) is 0 Å². The van der Waals surface area contributed by atoms with Gasteiger partial charge in [-0.3, -0.25) is 4.98 Å². The Morgan fingerprint density at radius 3 is 2.15 bits per heavy atom. The van der Waals surface area contributed by atoms with Crippen LogP contribution in [0.25, 0.3) is 58.8 Å². The summed E-state index contributed by atoms with van der Waals surface area (Å²) in [4.78, 5) is 6.70. The zero-order valence-electron chi connectivity index (χ0n) is 25.7. The fourth-order valence-electron chi connectivity index (χ4n) is 6.81. The molecule has 224 valence electrons. The van der Waals surface area contributed by atoms with E-state index in [0.29, 0.717) is 0 Å². The lowest BCUT2D eigenvalue weighted by atomic mass is 10.1. The Labute approximate surface area is 276 Å². The molecule has 0 unspecified atom stereocenters. The smallest absolute Gasteiger partial charge is 0.119 e. The van der Waals surface area contributed by atoms with E-state index in [-0.39, 0.29) is 0 Å². The quantitative estimate of drug-likeness (QED) is 0.185. The van der Waals surface area contributed by atoms with Gasteiger partial charge in [0.05, 0.1) is 23.8 Å². The molecule has 0 atom stereocenters. The van der Waals surface area contributed by atoms with E-state index < -0.39 is 0 Å². The third-order valence-corrected chi connectivity index (χ3v) is 10.1. The van der Waals surface area contributed by atoms with Gasteiger partial charge in [-0.1, -0.05) is 60.7 Å². The van der Waals surface area contributed by atoms with Crippen LogP contribution in [-0.2, 0) is 0 Å². The van der Waals surface area contributed by atoms with Crippen LogP contribution in [0, 0.1) is 0 Å². The Bertz CT molecular complexity index is 2550. The van der Waals surface area contributed by atoms with Crippen molar-refractivity contribution in [3.05, 3.63) is 158 Å². The number of anilines is 3. The molecule has 0 aliphatic rings. The van der Waals surface area contributed by atoms with Crippen LogP contribution in [0.2, 0.25) is 0 Å². The molecule has 0 aliphatic heterocycles. The number of hydrogen-bond donors (Lipinski definition) is 0. The third-order valence-electron chi connectivity index (χ3n) is 8.99. The standard InChI is InChI=1S/C42H29N3OS/c1-46-33-22-19-30(20-23-33)44(32-21-24-41-36(26-32)34-9-3-5-14-40(34)47-41)38-12-6-13-39-42(38)35-10-2-4-11-37(35)45(39)31-17-15-28(16-18-31)29-8-7-25-43-27-29/h2-27H,1H3. The van der Waals surface area contributed by atoms with Gasteiger partial charge in [0, 0.05) is 60.4 Å². The Hall–Kier alpha value is -5.91. The average Bonchev–Trinajstić information content (AvgIpc) is 3.68. The largest absolute Gasteiger partial charge is 0.497 e. The Balaban J connectivity index is 1.28. The number of pyridine rings is 1. The van der Waals surface area contributed by atoms with E-state index in [1.165, 1.54) is 30.9 Å². The van der Waals surface area contributed by atoms with Gasteiger partial charge < -0.3 is 14.2 Å². The molecule has 4 nitrogen and oxygen atoms in total. The summed E-state index contributed by atoms with van der Waals surface area (Å²) in [6.07, 6.45) is 3.72. The lowest BCUT2D eigenvalue weighted by molar-refractivity contribution is 0.415. The summed E-state index contributed by atoms with van der Waals surface area (Å²) in [5.41, 5.74) is 8.97. The summed E-state index contributed by atoms with van der Waals surface area (Å²) in [7, 11) is 1.71. The fraction of sp³-hybridized carbons (Fsp3) is 0.0238. The first-order chi connectivity index (χ1) is 23.3. The molecule has 9 rings (SSSR count). The van der Waals surface area contributed by atoms with Crippen molar-refractivity contribution in [1.29, 1.82) is 0 Å². The maximum absolute atomic E-state index is 5.55. The van der Waals surface area contributed by atoms with E-state index in [4.69, 9.17) is 4.74 Å². The van der Waals surface area contributed by atoms with Crippen molar-refractivity contribution in [3.8, 4) is 22.6 Å². The van der Waals surface area contributed by atoms with Crippen molar-refractivity contribution in [1.82, 2.24) is 9.55 Å². The molecule has 0 fully saturated rings. The molecule has 5 heteroatoms. The highest BCUT2D eigenvalue weighted by atomic mass is 32.1. The highest BCUT2D eigenvalue weighted by Crippen LogP contribution is 2.45. The van der Waals surface area contributed by atoms with Crippen LogP contribution >= 0.6 is 11.3 Å². The Kier molecular flexibility index (Phi) is 6.51. The molecule has 0 saturated carbocycles. The highest BCUT2D eigenvalue weighted by Gasteiger charge is 2.21. The van der Waals surface area contributed by atoms with E-state index in [1.54, 1.807) is 7.11 Å². The number of benzene rings is 6. The van der Waals surface area contributed by atoms with Gasteiger partial charge in [0.25, 0.3) is 0 Å². The van der Waals surface area contributed by atoms with Crippen LogP contribution in [0.3, 0.4) is 0 Å². The van der Waals surface area contributed by atoms with Crippen molar-refractivity contribution in [2.24, 2.45) is 0 Å². The summed E-state index contributed by atoms with van der Waals surface area (Å²) in [5.74, 6) is 0.831. The summed E-state index contributed by atoms with van der Waals surface area (Å²) in [6, 6.07) is 52.1. The molecule has 0 saturated heterocycles. The lowest BCUT2D eigenvalue weighted by Crippen LogP contribution is -2.10. The van der Waals surface area contributed by atoms with Gasteiger partial charge in [0.2, 0.25) is 0 Å². The second kappa shape index (κ2) is 11.2. The molecule has 0 spiro atoms. The molecule has 6 aromatic carbocycles. The summed E-state index contributed by atoms with van der Waals surface area (Å²) in [6.45, 7) is 0. The van der Waals surface area contributed by atoms with Crippen LogP contribution < -0.4 is 9.64 Å². The summed E-state index contributed by atoms with van der Waals surface area (Å²) < 4.78 is 10.5. The number of hydrogen-bond acceptors (Lipinski definition) is 4. The topological polar surface area (TPSA) is 30.3 Å². The number of thiophene rings is 1. The van der Waals surface area contributed by atoms with Gasteiger partial charge >= 0.3 is 0 Å². The number of methoxy groups -OCH3 is 1. The van der Waals surface area contributed by atoms with E-state index in [2.05, 4.69) is 142 Å². The number of rotatable bonds is 6. The summed E-state index contributed by atoms with van der Waals surface area (Å²) in [5, 5.41) is 4.96. The minimum absolute atomic E-state index is 0.831. The Morgan fingerprint density at radius 2 is 1.34 bits per heavy atom. The molecule has 3 heterocycles. The first-order valence-electron chi connectivity index (χ1n) is 15.7. The number of ether oxygens (including phenoxy) is 1. The van der Waals surface area contributed by atoms with Gasteiger partial charge in [-0.2, -0.15) is 0 Å². The second-order valence-corrected chi connectivity index (χ2v) is 12.7. The molecule has 0 aliphatic carbocycles. The zero-order valence-corrected chi connectivity index (χ0v) is 26.5. The zero-order chi connectivity index (χ0) is 31.3. The van der Waals surface area contributed by atoms with Crippen LogP contribution in [-0.4, -0.2) is 16.7 Å². The van der Waals surface area contributed by atoms with Gasteiger partial charge in [-0.05, 0) is 96.1 Å². The number of nitrogens with zero attached hydrogens (tertiary/aromatic N) is 3. The number of aromatic nitrogens is 2. The predicted octanol–water partition coefficient (Wildman–Crippen LogP) is 11.7. The monoisotopic (exact) mass is 623 g/mol. The normalized spacial score (nSPS) is 11.5. The maximum Gasteiger partial charge on any atom is 0.119 e. The molecule has 0 amide bonds. The van der Waals surface area contributed by atoms with Crippen molar-refractivity contribution in [2.75, 3.05) is 12.0 Å². The Morgan fingerprint density at radius 1 is 0.596 bits per heavy atom. The molecule has 0 N–H and O–H groups in total. The van der Waals surface area contributed by atoms with Crippen LogP contribution in [0.4, 0.5) is 17.1 Å².